The predicted molar refractivity (Wildman–Crippen MR) is 170 cm³/mol. The van der Waals surface area contributed by atoms with Gasteiger partial charge in [-0.1, -0.05) is 42.5 Å². The number of para-hydroxylation sites is 1. The molecular formula is C34H47O6P. The second kappa shape index (κ2) is 18.1. The second-order valence-electron chi connectivity index (χ2n) is 10.4. The fraction of sp³-hybridized carbons (Fsp3) is 0.471. The van der Waals surface area contributed by atoms with Crippen molar-refractivity contribution in [3.05, 3.63) is 95.6 Å². The lowest BCUT2D eigenvalue weighted by molar-refractivity contribution is 0.00000727. The molecule has 0 aliphatic heterocycles. The first-order chi connectivity index (χ1) is 20.0. The van der Waals surface area contributed by atoms with Crippen LogP contribution in [0.4, 0.5) is 0 Å². The minimum absolute atomic E-state index is 0.174. The van der Waals surface area contributed by atoms with Crippen molar-refractivity contribution in [1.29, 1.82) is 0 Å². The third kappa shape index (κ3) is 10.7. The number of unbranched alkanes of at least 4 members (excludes halogenated alkanes) is 1. The van der Waals surface area contributed by atoms with Gasteiger partial charge in [0.05, 0.1) is 13.2 Å². The molecule has 0 spiro atoms. The zero-order valence-corrected chi connectivity index (χ0v) is 25.5. The zero-order valence-electron chi connectivity index (χ0n) is 24.3. The molecule has 0 saturated heterocycles. The molecule has 3 rings (SSSR count). The number of benzene rings is 2. The van der Waals surface area contributed by atoms with Crippen LogP contribution in [0.15, 0.2) is 62.2 Å². The number of fused-ring (bicyclic) bond motifs is 1. The molecule has 1 aliphatic rings. The van der Waals surface area contributed by atoms with Crippen LogP contribution in [-0.2, 0) is 41.6 Å². The van der Waals surface area contributed by atoms with Gasteiger partial charge in [0.2, 0.25) is 0 Å². The van der Waals surface area contributed by atoms with E-state index in [1.54, 1.807) is 0 Å². The average Bonchev–Trinajstić information content (AvgIpc) is 3.74. The Kier molecular flexibility index (Phi) is 14.6. The van der Waals surface area contributed by atoms with Gasteiger partial charge in [-0.2, -0.15) is 0 Å². The van der Waals surface area contributed by atoms with Gasteiger partial charge < -0.3 is 29.2 Å². The quantitative estimate of drug-likeness (QED) is 0.0911. The Bertz CT molecular complexity index is 1130. The summed E-state index contributed by atoms with van der Waals surface area (Å²) in [4.78, 5) is 0. The van der Waals surface area contributed by atoms with E-state index in [9.17, 15) is 10.2 Å². The lowest BCUT2D eigenvalue weighted by atomic mass is 10.0. The number of allylic oxidation sites excluding steroid dienone is 3. The molecule has 1 aliphatic carbocycles. The summed E-state index contributed by atoms with van der Waals surface area (Å²) in [6, 6.07) is 8.32. The second-order valence-corrected chi connectivity index (χ2v) is 10.9. The molecule has 0 amide bonds. The first-order valence-corrected chi connectivity index (χ1v) is 15.4. The van der Waals surface area contributed by atoms with Crippen LogP contribution in [0.5, 0.6) is 11.5 Å². The Labute approximate surface area is 248 Å². The fourth-order valence-electron chi connectivity index (χ4n) is 4.83. The Morgan fingerprint density at radius 3 is 1.98 bits per heavy atom. The molecule has 224 valence electrons. The molecule has 0 bridgehead atoms. The third-order valence-electron chi connectivity index (χ3n) is 6.87. The highest BCUT2D eigenvalue weighted by Crippen LogP contribution is 2.41. The normalized spacial score (nSPS) is 13.2. The first-order valence-electron chi connectivity index (χ1n) is 14.6. The van der Waals surface area contributed by atoms with E-state index in [2.05, 4.69) is 41.1 Å². The summed E-state index contributed by atoms with van der Waals surface area (Å²) in [5.74, 6) is 1.70. The van der Waals surface area contributed by atoms with Gasteiger partial charge in [0.25, 0.3) is 0 Å². The van der Waals surface area contributed by atoms with Crippen molar-refractivity contribution in [3.8, 4) is 11.5 Å². The number of ether oxygens (including phenoxy) is 4. The van der Waals surface area contributed by atoms with Gasteiger partial charge in [-0.15, -0.1) is 29.0 Å². The van der Waals surface area contributed by atoms with Crippen molar-refractivity contribution in [3.63, 3.8) is 0 Å². The van der Waals surface area contributed by atoms with Crippen LogP contribution in [0, 0.1) is 0 Å². The van der Waals surface area contributed by atoms with Crippen molar-refractivity contribution >= 4 is 9.24 Å². The van der Waals surface area contributed by atoms with Crippen LogP contribution in [0.25, 0.3) is 0 Å². The molecule has 3 atom stereocenters. The van der Waals surface area contributed by atoms with Gasteiger partial charge in [0.1, 0.15) is 36.9 Å². The molecule has 7 heteroatoms. The summed E-state index contributed by atoms with van der Waals surface area (Å²) in [5.41, 5.74) is 7.21. The molecule has 3 unspecified atom stereocenters. The van der Waals surface area contributed by atoms with Crippen molar-refractivity contribution < 1.29 is 29.2 Å². The van der Waals surface area contributed by atoms with Gasteiger partial charge in [-0.25, -0.2) is 0 Å². The molecule has 0 saturated carbocycles. The smallest absolute Gasteiger partial charge is 0.126 e. The average molecular weight is 583 g/mol. The Morgan fingerprint density at radius 1 is 0.780 bits per heavy atom. The van der Waals surface area contributed by atoms with E-state index in [1.165, 1.54) is 16.7 Å². The minimum Gasteiger partial charge on any atom is -0.490 e. The Morgan fingerprint density at radius 2 is 1.37 bits per heavy atom. The maximum absolute atomic E-state index is 10.4. The highest BCUT2D eigenvalue weighted by Gasteiger charge is 2.26. The zero-order chi connectivity index (χ0) is 29.5. The van der Waals surface area contributed by atoms with Crippen molar-refractivity contribution in [2.24, 2.45) is 0 Å². The lowest BCUT2D eigenvalue weighted by Crippen LogP contribution is -2.25. The summed E-state index contributed by atoms with van der Waals surface area (Å²) in [7, 11) is 2.74. The molecule has 41 heavy (non-hydrogen) atoms. The first kappa shape index (κ1) is 33.0. The number of rotatable bonds is 23. The highest BCUT2D eigenvalue weighted by atomic mass is 31.0. The SMILES string of the molecule is C=CCc1cccc(CCP)c1OCC(O)COCCCCOCC(O)COc1c(CC=C)cc2c(c1CC=C)C2. The molecule has 0 fully saturated rings. The van der Waals surface area contributed by atoms with E-state index < -0.39 is 12.2 Å². The van der Waals surface area contributed by atoms with E-state index in [0.717, 1.165) is 79.3 Å². The molecule has 0 radical (unpaired) electrons. The number of aliphatic hydroxyl groups is 2. The fourth-order valence-corrected chi connectivity index (χ4v) is 5.14. The molecular weight excluding hydrogens is 535 g/mol. The molecule has 0 aromatic heterocycles. The largest absolute Gasteiger partial charge is 0.490 e. The maximum atomic E-state index is 10.4. The van der Waals surface area contributed by atoms with Gasteiger partial charge in [-0.3, -0.25) is 0 Å². The van der Waals surface area contributed by atoms with Crippen LogP contribution < -0.4 is 9.47 Å². The molecule has 0 heterocycles. The monoisotopic (exact) mass is 582 g/mol. The Balaban J connectivity index is 1.28. The molecule has 2 N–H and O–H groups in total. The van der Waals surface area contributed by atoms with E-state index in [1.807, 2.05) is 30.4 Å². The van der Waals surface area contributed by atoms with Crippen LogP contribution >= 0.6 is 9.24 Å². The summed E-state index contributed by atoms with van der Waals surface area (Å²) < 4.78 is 23.4. The van der Waals surface area contributed by atoms with E-state index in [0.29, 0.717) is 13.2 Å². The third-order valence-corrected chi connectivity index (χ3v) is 7.15. The summed E-state index contributed by atoms with van der Waals surface area (Å²) >= 11 is 0. The van der Waals surface area contributed by atoms with Gasteiger partial charge in [0, 0.05) is 18.8 Å². The number of aliphatic hydroxyl groups excluding tert-OH is 2. The molecule has 2 aromatic carbocycles. The highest BCUT2D eigenvalue weighted by molar-refractivity contribution is 7.16. The van der Waals surface area contributed by atoms with Crippen molar-refractivity contribution in [1.82, 2.24) is 0 Å². The van der Waals surface area contributed by atoms with Gasteiger partial charge in [0.15, 0.2) is 0 Å². The number of hydrogen-bond donors (Lipinski definition) is 2. The number of hydrogen-bond acceptors (Lipinski definition) is 6. The van der Waals surface area contributed by atoms with E-state index in [-0.39, 0.29) is 26.4 Å². The molecule has 6 nitrogen and oxygen atoms in total. The standard InChI is InChI=1S/C34H47O6P/c1-4-10-25-13-9-14-26(15-18-41)33(25)39-23-29(35)21-37-16-7-8-17-38-22-30(36)24-40-34-27(11-5-2)19-28-20-32(28)31(34)12-6-3/h4-6,9,13-14,19,29-30,35-36H,1-3,7-8,10-12,15-18,20-24,41H2. The summed E-state index contributed by atoms with van der Waals surface area (Å²) in [6.07, 6.45) is 10.8. The summed E-state index contributed by atoms with van der Waals surface area (Å²) in [5, 5.41) is 20.8. The minimum atomic E-state index is -0.716. The van der Waals surface area contributed by atoms with Gasteiger partial charge in [-0.05, 0) is 78.9 Å². The van der Waals surface area contributed by atoms with Gasteiger partial charge >= 0.3 is 0 Å². The van der Waals surface area contributed by atoms with Crippen molar-refractivity contribution in [2.75, 3.05) is 45.8 Å². The van der Waals surface area contributed by atoms with Crippen molar-refractivity contribution in [2.45, 2.75) is 57.2 Å². The van der Waals surface area contributed by atoms with Crippen LogP contribution in [0.3, 0.4) is 0 Å². The van der Waals surface area contributed by atoms with E-state index >= 15 is 0 Å². The maximum Gasteiger partial charge on any atom is 0.126 e. The van der Waals surface area contributed by atoms with E-state index in [4.69, 9.17) is 18.9 Å². The van der Waals surface area contributed by atoms with Crippen LogP contribution in [-0.4, -0.2) is 68.2 Å². The number of aryl methyl sites for hydroxylation is 1. The predicted octanol–water partition coefficient (Wildman–Crippen LogP) is 5.19. The summed E-state index contributed by atoms with van der Waals surface area (Å²) in [6.45, 7) is 13.4. The van der Waals surface area contributed by atoms with Crippen LogP contribution in [0.2, 0.25) is 0 Å². The topological polar surface area (TPSA) is 77.4 Å². The molecule has 2 aromatic rings. The van der Waals surface area contributed by atoms with Crippen LogP contribution in [0.1, 0.15) is 46.2 Å². The Hall–Kier alpha value is -2.47. The lowest BCUT2D eigenvalue weighted by Gasteiger charge is -2.18.